The molecule has 0 aromatic carbocycles. The number of rotatable bonds is 4. The summed E-state index contributed by atoms with van der Waals surface area (Å²) < 4.78 is 0. The second kappa shape index (κ2) is 4.78. The Bertz CT molecular complexity index is 560. The monoisotopic (exact) mass is 247 g/mol. The van der Waals surface area contributed by atoms with Crippen LogP contribution in [0.2, 0.25) is 0 Å². The summed E-state index contributed by atoms with van der Waals surface area (Å²) in [6, 6.07) is 3.65. The van der Waals surface area contributed by atoms with E-state index < -0.39 is 0 Å². The van der Waals surface area contributed by atoms with Crippen molar-refractivity contribution < 1.29 is 9.90 Å². The lowest BCUT2D eigenvalue weighted by atomic mass is 9.95. The molecule has 0 unspecified atom stereocenters. The molecule has 3 N–H and O–H groups in total. The van der Waals surface area contributed by atoms with Gasteiger partial charge in [0.2, 0.25) is 0 Å². The molecule has 5 heteroatoms. The predicted molar refractivity (Wildman–Crippen MR) is 69.3 cm³/mol. The highest BCUT2D eigenvalue weighted by atomic mass is 16.3. The van der Waals surface area contributed by atoms with Gasteiger partial charge in [-0.2, -0.15) is 0 Å². The van der Waals surface area contributed by atoms with Crippen LogP contribution in [0.1, 0.15) is 24.2 Å². The van der Waals surface area contributed by atoms with Crippen molar-refractivity contribution in [3.8, 4) is 0 Å². The number of amides is 1. The van der Waals surface area contributed by atoms with Crippen LogP contribution in [-0.4, -0.2) is 34.1 Å². The molecule has 2 aromatic heterocycles. The van der Waals surface area contributed by atoms with Gasteiger partial charge in [0.1, 0.15) is 5.65 Å². The van der Waals surface area contributed by atoms with Crippen molar-refractivity contribution in [3.63, 3.8) is 0 Å². The van der Waals surface area contributed by atoms with Crippen LogP contribution in [0.5, 0.6) is 0 Å². The van der Waals surface area contributed by atoms with E-state index in [2.05, 4.69) is 15.3 Å². The van der Waals surface area contributed by atoms with Crippen molar-refractivity contribution in [3.05, 3.63) is 30.1 Å². The van der Waals surface area contributed by atoms with Gasteiger partial charge in [0.05, 0.1) is 5.56 Å². The quantitative estimate of drug-likeness (QED) is 0.762. The van der Waals surface area contributed by atoms with Crippen molar-refractivity contribution in [2.24, 2.45) is 5.41 Å². The Hall–Kier alpha value is -1.88. The highest BCUT2D eigenvalue weighted by molar-refractivity contribution is 6.05. The van der Waals surface area contributed by atoms with Gasteiger partial charge in [-0.3, -0.25) is 4.79 Å². The third-order valence-electron chi connectivity index (χ3n) is 2.85. The van der Waals surface area contributed by atoms with Crippen molar-refractivity contribution >= 4 is 16.9 Å². The first-order valence-electron chi connectivity index (χ1n) is 5.85. The normalized spacial score (nSPS) is 11.7. The molecule has 0 fully saturated rings. The third kappa shape index (κ3) is 2.51. The molecule has 2 rings (SSSR count). The van der Waals surface area contributed by atoms with Gasteiger partial charge in [0.15, 0.2) is 0 Å². The summed E-state index contributed by atoms with van der Waals surface area (Å²) in [5, 5.41) is 12.8. The SMILES string of the molecule is CC(C)(CO)CNC(=O)c1c[nH]c2ncccc12. The molecular weight excluding hydrogens is 230 g/mol. The summed E-state index contributed by atoms with van der Waals surface area (Å²) in [5.41, 5.74) is 0.955. The molecule has 0 bridgehead atoms. The van der Waals surface area contributed by atoms with E-state index in [1.165, 1.54) is 0 Å². The number of aromatic amines is 1. The van der Waals surface area contributed by atoms with Crippen molar-refractivity contribution in [2.45, 2.75) is 13.8 Å². The lowest BCUT2D eigenvalue weighted by Crippen LogP contribution is -2.35. The summed E-state index contributed by atoms with van der Waals surface area (Å²) in [4.78, 5) is 19.1. The Morgan fingerprint density at radius 3 is 3.06 bits per heavy atom. The highest BCUT2D eigenvalue weighted by Crippen LogP contribution is 2.16. The summed E-state index contributed by atoms with van der Waals surface area (Å²) in [5.74, 6) is -0.157. The fourth-order valence-corrected chi connectivity index (χ4v) is 1.61. The lowest BCUT2D eigenvalue weighted by molar-refractivity contribution is 0.0912. The Balaban J connectivity index is 2.14. The van der Waals surface area contributed by atoms with Crippen LogP contribution in [0.15, 0.2) is 24.5 Å². The fraction of sp³-hybridized carbons (Fsp3) is 0.385. The summed E-state index contributed by atoms with van der Waals surface area (Å²) in [7, 11) is 0. The molecule has 2 heterocycles. The van der Waals surface area contributed by atoms with Crippen LogP contribution in [0.4, 0.5) is 0 Å². The molecule has 2 aromatic rings. The molecule has 0 atom stereocenters. The maximum atomic E-state index is 12.0. The summed E-state index contributed by atoms with van der Waals surface area (Å²) >= 11 is 0. The van der Waals surface area contributed by atoms with E-state index in [1.807, 2.05) is 19.9 Å². The van der Waals surface area contributed by atoms with Gasteiger partial charge >= 0.3 is 0 Å². The molecule has 0 saturated carbocycles. The van der Waals surface area contributed by atoms with Crippen LogP contribution < -0.4 is 5.32 Å². The zero-order valence-electron chi connectivity index (χ0n) is 10.5. The molecular formula is C13H17N3O2. The van der Waals surface area contributed by atoms with Gasteiger partial charge in [0.25, 0.3) is 5.91 Å². The second-order valence-corrected chi connectivity index (χ2v) is 5.11. The Morgan fingerprint density at radius 2 is 2.33 bits per heavy atom. The van der Waals surface area contributed by atoms with Crippen molar-refractivity contribution in [2.75, 3.05) is 13.2 Å². The van der Waals surface area contributed by atoms with E-state index in [0.717, 1.165) is 5.39 Å². The number of fused-ring (bicyclic) bond motifs is 1. The maximum absolute atomic E-state index is 12.0. The summed E-state index contributed by atoms with van der Waals surface area (Å²) in [6.45, 7) is 4.24. The Labute approximate surface area is 105 Å². The van der Waals surface area contributed by atoms with Gasteiger partial charge in [-0.25, -0.2) is 4.98 Å². The number of hydrogen-bond donors (Lipinski definition) is 3. The minimum atomic E-state index is -0.319. The molecule has 18 heavy (non-hydrogen) atoms. The number of H-pyrrole nitrogens is 1. The summed E-state index contributed by atoms with van der Waals surface area (Å²) in [6.07, 6.45) is 3.33. The van der Waals surface area contributed by atoms with E-state index in [9.17, 15) is 4.79 Å². The van der Waals surface area contributed by atoms with Crippen LogP contribution in [0.3, 0.4) is 0 Å². The minimum Gasteiger partial charge on any atom is -0.396 e. The number of hydrogen-bond acceptors (Lipinski definition) is 3. The molecule has 0 radical (unpaired) electrons. The molecule has 5 nitrogen and oxygen atoms in total. The van der Waals surface area contributed by atoms with E-state index in [-0.39, 0.29) is 17.9 Å². The highest BCUT2D eigenvalue weighted by Gasteiger charge is 2.19. The number of aliphatic hydroxyl groups excluding tert-OH is 1. The molecule has 1 amide bonds. The average molecular weight is 247 g/mol. The lowest BCUT2D eigenvalue weighted by Gasteiger charge is -2.21. The van der Waals surface area contributed by atoms with Gasteiger partial charge in [0, 0.05) is 36.3 Å². The Morgan fingerprint density at radius 1 is 1.56 bits per heavy atom. The topological polar surface area (TPSA) is 78.0 Å². The number of aliphatic hydroxyl groups is 1. The first kappa shape index (κ1) is 12.6. The average Bonchev–Trinajstić information content (AvgIpc) is 2.80. The fourth-order valence-electron chi connectivity index (χ4n) is 1.61. The molecule has 0 aliphatic carbocycles. The van der Waals surface area contributed by atoms with Crippen LogP contribution in [0, 0.1) is 5.41 Å². The second-order valence-electron chi connectivity index (χ2n) is 5.11. The van der Waals surface area contributed by atoms with E-state index in [0.29, 0.717) is 17.8 Å². The number of pyridine rings is 1. The zero-order valence-corrected chi connectivity index (χ0v) is 10.5. The number of nitrogens with zero attached hydrogens (tertiary/aromatic N) is 1. The molecule has 96 valence electrons. The number of nitrogens with one attached hydrogen (secondary N) is 2. The smallest absolute Gasteiger partial charge is 0.253 e. The van der Waals surface area contributed by atoms with Crippen LogP contribution in [-0.2, 0) is 0 Å². The first-order chi connectivity index (χ1) is 8.53. The number of carbonyl (C=O) groups is 1. The van der Waals surface area contributed by atoms with Gasteiger partial charge in [-0.15, -0.1) is 0 Å². The molecule has 0 aliphatic heterocycles. The molecule has 0 spiro atoms. The molecule has 0 saturated heterocycles. The molecule has 0 aliphatic rings. The Kier molecular flexibility index (Phi) is 3.34. The van der Waals surface area contributed by atoms with Gasteiger partial charge < -0.3 is 15.4 Å². The van der Waals surface area contributed by atoms with Crippen molar-refractivity contribution in [1.82, 2.24) is 15.3 Å². The standard InChI is InChI=1S/C13H17N3O2/c1-13(2,8-17)7-16-12(18)10-6-15-11-9(10)4-3-5-14-11/h3-6,17H,7-8H2,1-2H3,(H,14,15)(H,16,18). The number of carbonyl (C=O) groups excluding carboxylic acids is 1. The number of aromatic nitrogens is 2. The maximum Gasteiger partial charge on any atom is 0.253 e. The minimum absolute atomic E-state index is 0.0305. The first-order valence-corrected chi connectivity index (χ1v) is 5.85. The van der Waals surface area contributed by atoms with Gasteiger partial charge in [-0.1, -0.05) is 13.8 Å². The van der Waals surface area contributed by atoms with E-state index in [1.54, 1.807) is 18.5 Å². The van der Waals surface area contributed by atoms with E-state index in [4.69, 9.17) is 5.11 Å². The largest absolute Gasteiger partial charge is 0.396 e. The zero-order chi connectivity index (χ0) is 13.2. The third-order valence-corrected chi connectivity index (χ3v) is 2.85. The van der Waals surface area contributed by atoms with Gasteiger partial charge in [-0.05, 0) is 12.1 Å². The van der Waals surface area contributed by atoms with Crippen LogP contribution in [0.25, 0.3) is 11.0 Å². The van der Waals surface area contributed by atoms with Crippen LogP contribution >= 0.6 is 0 Å². The van der Waals surface area contributed by atoms with Crippen molar-refractivity contribution in [1.29, 1.82) is 0 Å². The predicted octanol–water partition coefficient (Wildman–Crippen LogP) is 1.31. The van der Waals surface area contributed by atoms with E-state index >= 15 is 0 Å².